The third kappa shape index (κ3) is 5.32. The molecular weight excluding hydrogens is 427 g/mol. The summed E-state index contributed by atoms with van der Waals surface area (Å²) in [4.78, 5) is 28.5. The number of halogens is 1. The first-order chi connectivity index (χ1) is 15.8. The van der Waals surface area contributed by atoms with Crippen molar-refractivity contribution in [3.8, 4) is 0 Å². The van der Waals surface area contributed by atoms with Gasteiger partial charge in [0, 0.05) is 44.0 Å². The van der Waals surface area contributed by atoms with Gasteiger partial charge >= 0.3 is 5.76 Å². The number of rotatable bonds is 8. The maximum atomic E-state index is 13.1. The van der Waals surface area contributed by atoms with Gasteiger partial charge in [-0.1, -0.05) is 19.1 Å². The van der Waals surface area contributed by atoms with E-state index in [9.17, 15) is 19.1 Å². The Bertz CT molecular complexity index is 1170. The molecule has 1 saturated heterocycles. The number of oxazole rings is 1. The number of likely N-dealkylation sites (N-methyl/N-ethyl adjacent to an activating group) is 1. The molecule has 1 amide bonds. The monoisotopic (exact) mass is 456 g/mol. The van der Waals surface area contributed by atoms with Gasteiger partial charge in [-0.05, 0) is 43.3 Å². The Morgan fingerprint density at radius 1 is 1.24 bits per heavy atom. The number of aryl methyl sites for hydroxylation is 1. The molecule has 0 spiro atoms. The van der Waals surface area contributed by atoms with Crippen LogP contribution in [0.5, 0.6) is 0 Å². The number of fused-ring (bicyclic) bond motifs is 1. The fourth-order valence-corrected chi connectivity index (χ4v) is 4.39. The SMILES string of the molecule is CCCn1c(=O)oc2cc(NC(=O)CN3C[C@H](O)[C@@H](N(C)Cc4ccc(F)cc4)C3)ccc21. The fourth-order valence-electron chi connectivity index (χ4n) is 4.39. The first-order valence-electron chi connectivity index (χ1n) is 11.1. The lowest BCUT2D eigenvalue weighted by atomic mass is 10.1. The largest absolute Gasteiger partial charge is 0.419 e. The van der Waals surface area contributed by atoms with Crippen LogP contribution in [0.4, 0.5) is 10.1 Å². The Hall–Kier alpha value is -3.01. The maximum absolute atomic E-state index is 13.1. The number of carbonyl (C=O) groups excluding carboxylic acids is 1. The van der Waals surface area contributed by atoms with E-state index in [0.717, 1.165) is 12.0 Å². The molecule has 8 nitrogen and oxygen atoms in total. The number of amides is 1. The number of aromatic nitrogens is 1. The van der Waals surface area contributed by atoms with Gasteiger partial charge < -0.3 is 14.8 Å². The third-order valence-corrected chi connectivity index (χ3v) is 6.01. The number of carbonyl (C=O) groups is 1. The van der Waals surface area contributed by atoms with E-state index in [0.29, 0.717) is 43.0 Å². The first kappa shape index (κ1) is 23.2. The molecule has 4 rings (SSSR count). The van der Waals surface area contributed by atoms with Crippen LogP contribution in [0.3, 0.4) is 0 Å². The standard InChI is InChI=1S/C24H29FN4O4/c1-3-10-29-19-9-8-18(11-22(19)33-24(29)32)26-23(31)15-28-13-20(21(30)14-28)27(2)12-16-4-6-17(25)7-5-16/h4-9,11,20-21,30H,3,10,12-15H2,1-2H3,(H,26,31)/t20-,21-/m0/s1. The van der Waals surface area contributed by atoms with Crippen LogP contribution in [0.1, 0.15) is 18.9 Å². The topological polar surface area (TPSA) is 91.0 Å². The van der Waals surface area contributed by atoms with Gasteiger partial charge in [-0.25, -0.2) is 9.18 Å². The number of hydrogen-bond acceptors (Lipinski definition) is 6. The number of β-amino-alcohol motifs (C(OH)–C–C–N with tert-alkyl or cyclic N) is 1. The minimum absolute atomic E-state index is 0.133. The zero-order chi connectivity index (χ0) is 23.5. The van der Waals surface area contributed by atoms with E-state index in [1.165, 1.54) is 12.1 Å². The van der Waals surface area contributed by atoms with Gasteiger partial charge in [0.15, 0.2) is 5.58 Å². The Balaban J connectivity index is 1.34. The van der Waals surface area contributed by atoms with Crippen molar-refractivity contribution in [1.29, 1.82) is 0 Å². The molecule has 0 aliphatic carbocycles. The minimum atomic E-state index is -0.591. The second-order valence-corrected chi connectivity index (χ2v) is 8.62. The molecule has 0 saturated carbocycles. The van der Waals surface area contributed by atoms with Crippen molar-refractivity contribution in [3.05, 3.63) is 64.4 Å². The average molecular weight is 457 g/mol. The number of likely N-dealkylation sites (tertiary alicyclic amines) is 1. The highest BCUT2D eigenvalue weighted by atomic mass is 19.1. The summed E-state index contributed by atoms with van der Waals surface area (Å²) < 4.78 is 20.0. The van der Waals surface area contributed by atoms with Crippen molar-refractivity contribution in [2.24, 2.45) is 0 Å². The maximum Gasteiger partial charge on any atom is 0.419 e. The molecule has 1 aliphatic rings. The van der Waals surface area contributed by atoms with Gasteiger partial charge in [-0.3, -0.25) is 19.2 Å². The van der Waals surface area contributed by atoms with E-state index in [1.807, 2.05) is 23.8 Å². The quantitative estimate of drug-likeness (QED) is 0.540. The average Bonchev–Trinajstić information content (AvgIpc) is 3.28. The normalized spacial score (nSPS) is 18.9. The van der Waals surface area contributed by atoms with Crippen LogP contribution >= 0.6 is 0 Å². The summed E-state index contributed by atoms with van der Waals surface area (Å²) in [6.45, 7) is 4.20. The molecule has 1 fully saturated rings. The lowest BCUT2D eigenvalue weighted by Crippen LogP contribution is -2.40. The summed E-state index contributed by atoms with van der Waals surface area (Å²) >= 11 is 0. The molecule has 33 heavy (non-hydrogen) atoms. The van der Waals surface area contributed by atoms with E-state index >= 15 is 0 Å². The van der Waals surface area contributed by atoms with Crippen molar-refractivity contribution < 1.29 is 18.7 Å². The van der Waals surface area contributed by atoms with Crippen molar-refractivity contribution in [2.45, 2.75) is 38.6 Å². The Morgan fingerprint density at radius 2 is 2.00 bits per heavy atom. The summed E-state index contributed by atoms with van der Waals surface area (Å²) in [6.07, 6.45) is 0.224. The van der Waals surface area contributed by atoms with Gasteiger partial charge in [0.1, 0.15) is 5.82 Å². The number of anilines is 1. The molecule has 2 heterocycles. The van der Waals surface area contributed by atoms with Gasteiger partial charge in [0.25, 0.3) is 0 Å². The second kappa shape index (κ2) is 9.86. The van der Waals surface area contributed by atoms with E-state index < -0.39 is 11.9 Å². The fraction of sp³-hybridized carbons (Fsp3) is 0.417. The lowest BCUT2D eigenvalue weighted by molar-refractivity contribution is -0.117. The predicted molar refractivity (Wildman–Crippen MR) is 123 cm³/mol. The molecule has 2 aromatic carbocycles. The number of aliphatic hydroxyl groups excluding tert-OH is 1. The molecule has 0 radical (unpaired) electrons. The Kier molecular flexibility index (Phi) is 6.92. The van der Waals surface area contributed by atoms with Crippen LogP contribution < -0.4 is 11.1 Å². The van der Waals surface area contributed by atoms with Crippen LogP contribution in [-0.2, 0) is 17.9 Å². The van der Waals surface area contributed by atoms with E-state index in [2.05, 4.69) is 5.32 Å². The second-order valence-electron chi connectivity index (χ2n) is 8.62. The van der Waals surface area contributed by atoms with Crippen LogP contribution in [0.2, 0.25) is 0 Å². The van der Waals surface area contributed by atoms with Crippen molar-refractivity contribution in [2.75, 3.05) is 32.0 Å². The summed E-state index contributed by atoms with van der Waals surface area (Å²) in [5.74, 6) is -0.893. The Morgan fingerprint density at radius 3 is 2.73 bits per heavy atom. The molecule has 9 heteroatoms. The number of aliphatic hydroxyl groups is 1. The number of hydrogen-bond donors (Lipinski definition) is 2. The predicted octanol–water partition coefficient (Wildman–Crippen LogP) is 2.26. The molecule has 3 aromatic rings. The molecule has 0 bridgehead atoms. The molecule has 2 N–H and O–H groups in total. The molecular formula is C24H29FN4O4. The van der Waals surface area contributed by atoms with Gasteiger partial charge in [0.05, 0.1) is 18.2 Å². The number of nitrogens with one attached hydrogen (secondary N) is 1. The van der Waals surface area contributed by atoms with Crippen LogP contribution in [0, 0.1) is 5.82 Å². The van der Waals surface area contributed by atoms with Crippen molar-refractivity contribution >= 4 is 22.7 Å². The van der Waals surface area contributed by atoms with E-state index in [-0.39, 0.29) is 24.3 Å². The summed E-state index contributed by atoms with van der Waals surface area (Å²) in [5, 5.41) is 13.4. The molecule has 1 aliphatic heterocycles. The molecule has 2 atom stereocenters. The summed E-state index contributed by atoms with van der Waals surface area (Å²) in [6, 6.07) is 11.3. The minimum Gasteiger partial charge on any atom is -0.408 e. The zero-order valence-corrected chi connectivity index (χ0v) is 18.8. The summed E-state index contributed by atoms with van der Waals surface area (Å²) in [5.41, 5.74) is 2.65. The highest BCUT2D eigenvalue weighted by Gasteiger charge is 2.34. The van der Waals surface area contributed by atoms with Crippen molar-refractivity contribution in [3.63, 3.8) is 0 Å². The van der Waals surface area contributed by atoms with Gasteiger partial charge in [0.2, 0.25) is 5.91 Å². The van der Waals surface area contributed by atoms with Crippen LogP contribution in [0.15, 0.2) is 51.7 Å². The zero-order valence-electron chi connectivity index (χ0n) is 18.8. The highest BCUT2D eigenvalue weighted by molar-refractivity contribution is 5.94. The van der Waals surface area contributed by atoms with Crippen LogP contribution in [-0.4, -0.2) is 64.2 Å². The smallest absolute Gasteiger partial charge is 0.408 e. The third-order valence-electron chi connectivity index (χ3n) is 6.01. The number of nitrogens with zero attached hydrogens (tertiary/aromatic N) is 3. The molecule has 176 valence electrons. The van der Waals surface area contributed by atoms with Gasteiger partial charge in [-0.2, -0.15) is 0 Å². The molecule has 0 unspecified atom stereocenters. The molecule has 1 aromatic heterocycles. The highest BCUT2D eigenvalue weighted by Crippen LogP contribution is 2.20. The summed E-state index contributed by atoms with van der Waals surface area (Å²) in [7, 11) is 1.91. The van der Waals surface area contributed by atoms with E-state index in [1.54, 1.807) is 34.9 Å². The first-order valence-corrected chi connectivity index (χ1v) is 11.1. The number of benzene rings is 2. The van der Waals surface area contributed by atoms with Crippen LogP contribution in [0.25, 0.3) is 11.1 Å². The lowest BCUT2D eigenvalue weighted by Gasteiger charge is -2.26. The Labute approximate surface area is 191 Å². The van der Waals surface area contributed by atoms with Gasteiger partial charge in [-0.15, -0.1) is 0 Å². The van der Waals surface area contributed by atoms with E-state index in [4.69, 9.17) is 4.42 Å². The van der Waals surface area contributed by atoms with Crippen molar-refractivity contribution in [1.82, 2.24) is 14.4 Å².